The van der Waals surface area contributed by atoms with E-state index < -0.39 is 17.8 Å². The maximum absolute atomic E-state index is 15.5. The highest BCUT2D eigenvalue weighted by Crippen LogP contribution is 2.38. The van der Waals surface area contributed by atoms with Gasteiger partial charge in [0, 0.05) is 11.6 Å². The Morgan fingerprint density at radius 3 is 2.62 bits per heavy atom. The van der Waals surface area contributed by atoms with E-state index in [1.807, 2.05) is 12.1 Å². The summed E-state index contributed by atoms with van der Waals surface area (Å²) < 4.78 is 36.8. The van der Waals surface area contributed by atoms with Gasteiger partial charge in [-0.25, -0.2) is 23.5 Å². The van der Waals surface area contributed by atoms with Crippen molar-refractivity contribution in [1.82, 2.24) is 24.9 Å². The van der Waals surface area contributed by atoms with Gasteiger partial charge in [-0.15, -0.1) is 0 Å². The monoisotopic (exact) mass is 542 g/mol. The number of rotatable bonds is 9. The van der Waals surface area contributed by atoms with Crippen molar-refractivity contribution < 1.29 is 23.2 Å². The number of anilines is 1. The summed E-state index contributed by atoms with van der Waals surface area (Å²) in [6.45, 7) is 0.107. The van der Waals surface area contributed by atoms with Gasteiger partial charge in [-0.05, 0) is 36.0 Å². The number of benzene rings is 2. The number of carboxylic acids is 1. The molecule has 11 heteroatoms. The van der Waals surface area contributed by atoms with E-state index in [1.165, 1.54) is 6.26 Å². The van der Waals surface area contributed by atoms with Gasteiger partial charge in [-0.1, -0.05) is 60.1 Å². The van der Waals surface area contributed by atoms with Crippen LogP contribution in [-0.4, -0.2) is 36.0 Å². The van der Waals surface area contributed by atoms with Crippen molar-refractivity contribution in [3.63, 3.8) is 0 Å². The van der Waals surface area contributed by atoms with Gasteiger partial charge in [-0.3, -0.25) is 4.68 Å². The lowest BCUT2D eigenvalue weighted by molar-refractivity contribution is -0.138. The Morgan fingerprint density at radius 2 is 1.93 bits per heavy atom. The summed E-state index contributed by atoms with van der Waals surface area (Å²) in [6, 6.07) is 15.8. The third-order valence-corrected chi connectivity index (χ3v) is 7.09. The fourth-order valence-electron chi connectivity index (χ4n) is 4.78. The maximum atomic E-state index is 15.5. The van der Waals surface area contributed by atoms with Gasteiger partial charge >= 0.3 is 5.97 Å². The Hall–Kier alpha value is -4.93. The van der Waals surface area contributed by atoms with E-state index >= 15 is 4.39 Å². The molecule has 0 spiro atoms. The van der Waals surface area contributed by atoms with Crippen LogP contribution in [0.5, 0.6) is 0 Å². The van der Waals surface area contributed by atoms with Crippen LogP contribution >= 0.6 is 0 Å². The summed E-state index contributed by atoms with van der Waals surface area (Å²) >= 11 is 0. The van der Waals surface area contributed by atoms with Gasteiger partial charge < -0.3 is 14.9 Å². The van der Waals surface area contributed by atoms with E-state index in [0.29, 0.717) is 28.1 Å². The van der Waals surface area contributed by atoms with E-state index in [1.54, 1.807) is 53.2 Å². The number of aromatic nitrogens is 5. The molecule has 0 radical (unpaired) electrons. The van der Waals surface area contributed by atoms with Crippen molar-refractivity contribution in [3.05, 3.63) is 101 Å². The molecule has 6 rings (SSSR count). The van der Waals surface area contributed by atoms with E-state index in [-0.39, 0.29) is 35.6 Å². The van der Waals surface area contributed by atoms with Gasteiger partial charge in [0.15, 0.2) is 23.5 Å². The number of carbonyl (C=O) groups is 1. The molecule has 1 saturated carbocycles. The average Bonchev–Trinajstić information content (AvgIpc) is 3.60. The van der Waals surface area contributed by atoms with Gasteiger partial charge in [-0.2, -0.15) is 5.10 Å². The first-order valence-electron chi connectivity index (χ1n) is 12.8. The van der Waals surface area contributed by atoms with E-state index in [2.05, 4.69) is 25.5 Å². The third-order valence-electron chi connectivity index (χ3n) is 7.09. The summed E-state index contributed by atoms with van der Waals surface area (Å²) in [4.78, 5) is 20.3. The van der Waals surface area contributed by atoms with Crippen LogP contribution < -0.4 is 5.32 Å². The normalized spacial score (nSPS) is 14.1. The molecule has 0 amide bonds. The molecule has 0 unspecified atom stereocenters. The van der Waals surface area contributed by atoms with Crippen LogP contribution in [0.4, 0.5) is 14.6 Å². The van der Waals surface area contributed by atoms with Crippen LogP contribution in [0, 0.1) is 11.6 Å². The highest BCUT2D eigenvalue weighted by Gasteiger charge is 2.26. The molecule has 0 saturated heterocycles. The summed E-state index contributed by atoms with van der Waals surface area (Å²) in [5.74, 6) is -2.29. The molecule has 40 heavy (non-hydrogen) atoms. The Balaban J connectivity index is 1.35. The SMILES string of the molecule is O=C(O)[C@H](Nc1nc(-c2cc(-c3ccon3)n(Cc3cccc(C4CCC4)c3F)n2)ncc1F)c1ccccc1. The molecule has 3 aromatic heterocycles. The Bertz CT molecular complexity index is 1650. The van der Waals surface area contributed by atoms with Gasteiger partial charge in [0.2, 0.25) is 0 Å². The number of hydrogen-bond donors (Lipinski definition) is 2. The lowest BCUT2D eigenvalue weighted by atomic mass is 9.79. The molecule has 3 heterocycles. The van der Waals surface area contributed by atoms with Crippen molar-refractivity contribution >= 4 is 11.8 Å². The summed E-state index contributed by atoms with van der Waals surface area (Å²) in [5.41, 5.74) is 2.86. The molecular formula is C29H24F2N6O3. The second kappa shape index (κ2) is 10.7. The minimum atomic E-state index is -1.24. The molecular weight excluding hydrogens is 518 g/mol. The summed E-state index contributed by atoms with van der Waals surface area (Å²) in [5, 5.41) is 21.0. The van der Waals surface area contributed by atoms with Crippen molar-refractivity contribution in [1.29, 1.82) is 0 Å². The molecule has 1 aliphatic rings. The Morgan fingerprint density at radius 1 is 1.10 bits per heavy atom. The van der Waals surface area contributed by atoms with Crippen LogP contribution in [0.2, 0.25) is 0 Å². The van der Waals surface area contributed by atoms with Crippen molar-refractivity contribution in [2.24, 2.45) is 0 Å². The van der Waals surface area contributed by atoms with E-state index in [4.69, 9.17) is 4.52 Å². The smallest absolute Gasteiger partial charge is 0.330 e. The number of halogens is 2. The van der Waals surface area contributed by atoms with Gasteiger partial charge in [0.05, 0.1) is 18.4 Å². The molecule has 9 nitrogen and oxygen atoms in total. The fraction of sp³-hybridized carbons (Fsp3) is 0.207. The molecule has 1 aliphatic carbocycles. The van der Waals surface area contributed by atoms with Crippen LogP contribution in [0.15, 0.2) is 77.6 Å². The van der Waals surface area contributed by atoms with Crippen molar-refractivity contribution in [2.45, 2.75) is 37.8 Å². The first-order valence-corrected chi connectivity index (χ1v) is 12.8. The zero-order chi connectivity index (χ0) is 27.6. The van der Waals surface area contributed by atoms with E-state index in [0.717, 1.165) is 25.5 Å². The number of carboxylic acid groups (broad SMARTS) is 1. The minimum Gasteiger partial charge on any atom is -0.479 e. The molecule has 202 valence electrons. The van der Waals surface area contributed by atoms with E-state index in [9.17, 15) is 14.3 Å². The van der Waals surface area contributed by atoms with Gasteiger partial charge in [0.25, 0.3) is 0 Å². The fourth-order valence-corrected chi connectivity index (χ4v) is 4.78. The average molecular weight is 543 g/mol. The number of aliphatic carboxylic acids is 1. The Kier molecular flexibility index (Phi) is 6.77. The summed E-state index contributed by atoms with van der Waals surface area (Å²) in [6.07, 6.45) is 5.41. The lowest BCUT2D eigenvalue weighted by Crippen LogP contribution is -2.22. The minimum absolute atomic E-state index is 0.0493. The zero-order valence-corrected chi connectivity index (χ0v) is 21.2. The van der Waals surface area contributed by atoms with Crippen molar-refractivity contribution in [3.8, 4) is 22.9 Å². The molecule has 0 bridgehead atoms. The predicted molar refractivity (Wildman–Crippen MR) is 141 cm³/mol. The first-order chi connectivity index (χ1) is 19.5. The third kappa shape index (κ3) is 4.93. The number of nitrogens with zero attached hydrogens (tertiary/aromatic N) is 5. The molecule has 2 N–H and O–H groups in total. The van der Waals surface area contributed by atoms with Crippen LogP contribution in [-0.2, 0) is 11.3 Å². The largest absolute Gasteiger partial charge is 0.479 e. The lowest BCUT2D eigenvalue weighted by Gasteiger charge is -2.26. The van der Waals surface area contributed by atoms with Crippen LogP contribution in [0.25, 0.3) is 22.9 Å². The maximum Gasteiger partial charge on any atom is 0.330 e. The summed E-state index contributed by atoms with van der Waals surface area (Å²) in [7, 11) is 0. The highest BCUT2D eigenvalue weighted by molar-refractivity contribution is 5.79. The molecule has 2 aromatic carbocycles. The highest BCUT2D eigenvalue weighted by atomic mass is 19.1. The second-order valence-corrected chi connectivity index (χ2v) is 9.62. The molecule has 1 atom stereocenters. The zero-order valence-electron chi connectivity index (χ0n) is 21.2. The topological polar surface area (TPSA) is 119 Å². The number of hydrogen-bond acceptors (Lipinski definition) is 7. The molecule has 1 fully saturated rings. The van der Waals surface area contributed by atoms with Crippen LogP contribution in [0.1, 0.15) is 47.9 Å². The quantitative estimate of drug-likeness (QED) is 0.239. The number of nitrogens with one attached hydrogen (secondary N) is 1. The van der Waals surface area contributed by atoms with Crippen molar-refractivity contribution in [2.75, 3.05) is 5.32 Å². The second-order valence-electron chi connectivity index (χ2n) is 9.62. The predicted octanol–water partition coefficient (Wildman–Crippen LogP) is 5.83. The van der Waals surface area contributed by atoms with Crippen LogP contribution in [0.3, 0.4) is 0 Å². The molecule has 0 aliphatic heterocycles. The standard InChI is InChI=1S/C29H24F2N6O3/c30-21-15-32-28(34-27(21)33-26(29(38)39)18-6-2-1-3-7-18)23-14-24(22-12-13-40-36-22)37(35-23)16-19-10-5-11-20(25(19)31)17-8-4-9-17/h1-3,5-7,10-15,17,26H,4,8-9,16H2,(H,38,39)(H,32,33,34)/t26-/m1/s1. The first kappa shape index (κ1) is 25.4. The Labute approximate surface area is 227 Å². The molecule has 5 aromatic rings. The van der Waals surface area contributed by atoms with Gasteiger partial charge in [0.1, 0.15) is 23.5 Å².